The first-order chi connectivity index (χ1) is 6.40. The van der Waals surface area contributed by atoms with Gasteiger partial charge in [0.1, 0.15) is 5.82 Å². The lowest BCUT2D eigenvalue weighted by molar-refractivity contribution is 0.682. The van der Waals surface area contributed by atoms with Crippen LogP contribution in [-0.2, 0) is 0 Å². The fourth-order valence-electron chi connectivity index (χ4n) is 0.880. The summed E-state index contributed by atoms with van der Waals surface area (Å²) in [5.74, 6) is 0.991. The second-order valence-electron chi connectivity index (χ2n) is 3.47. The van der Waals surface area contributed by atoms with E-state index >= 15 is 0 Å². The normalized spacial score (nSPS) is 11.9. The summed E-state index contributed by atoms with van der Waals surface area (Å²) in [6.45, 7) is 12.0. The molecule has 0 fully saturated rings. The van der Waals surface area contributed by atoms with E-state index in [9.17, 15) is 0 Å². The van der Waals surface area contributed by atoms with Crippen molar-refractivity contribution in [2.75, 3.05) is 13.3 Å². The fourth-order valence-corrected chi connectivity index (χ4v) is 1.23. The molecule has 80 valence electrons. The number of aliphatic imine (C=N–C) groups is 1. The molecule has 0 unspecified atom stereocenters. The Morgan fingerprint density at radius 3 is 2.00 bits per heavy atom. The van der Waals surface area contributed by atoms with Gasteiger partial charge < -0.3 is 4.31 Å². The molecule has 3 heteroatoms. The van der Waals surface area contributed by atoms with Crippen LogP contribution in [0.5, 0.6) is 0 Å². The van der Waals surface area contributed by atoms with Gasteiger partial charge >= 0.3 is 0 Å². The Labute approximate surface area is 91.9 Å². The van der Waals surface area contributed by atoms with E-state index in [4.69, 9.17) is 0 Å². The minimum absolute atomic E-state index is 0.991. The standard InChI is InChI=1S/C11H20N2S/c1-8(2)10(5)11(12-9(3)4)13(6)14-7/h1H2,2-7H3/b11-10+. The molecule has 0 amide bonds. The number of hydrogen-bond donors (Lipinski definition) is 0. The van der Waals surface area contributed by atoms with Gasteiger partial charge in [-0.3, -0.25) is 0 Å². The summed E-state index contributed by atoms with van der Waals surface area (Å²) in [6, 6.07) is 0. The molecule has 0 atom stereocenters. The van der Waals surface area contributed by atoms with Gasteiger partial charge in [0.15, 0.2) is 0 Å². The highest BCUT2D eigenvalue weighted by Gasteiger charge is 2.06. The molecule has 0 aliphatic carbocycles. The minimum Gasteiger partial charge on any atom is -0.304 e. The molecular formula is C11H20N2S. The molecule has 0 spiro atoms. The summed E-state index contributed by atoms with van der Waals surface area (Å²) in [5.41, 5.74) is 3.26. The molecule has 0 rings (SSSR count). The van der Waals surface area contributed by atoms with E-state index in [2.05, 4.69) is 22.8 Å². The Morgan fingerprint density at radius 2 is 1.71 bits per heavy atom. The average molecular weight is 212 g/mol. The zero-order valence-electron chi connectivity index (χ0n) is 10.0. The third kappa shape index (κ3) is 4.01. The largest absolute Gasteiger partial charge is 0.304 e. The summed E-state index contributed by atoms with van der Waals surface area (Å²) >= 11 is 1.65. The number of hydrogen-bond acceptors (Lipinski definition) is 3. The van der Waals surface area contributed by atoms with Crippen molar-refractivity contribution in [3.8, 4) is 0 Å². The number of allylic oxidation sites excluding steroid dienone is 2. The Balaban J connectivity index is 5.19. The van der Waals surface area contributed by atoms with Crippen molar-refractivity contribution in [2.45, 2.75) is 27.7 Å². The highest BCUT2D eigenvalue weighted by molar-refractivity contribution is 7.96. The van der Waals surface area contributed by atoms with Crippen molar-refractivity contribution in [1.82, 2.24) is 4.31 Å². The lowest BCUT2D eigenvalue weighted by Crippen LogP contribution is -2.10. The molecule has 14 heavy (non-hydrogen) atoms. The molecular weight excluding hydrogens is 192 g/mol. The summed E-state index contributed by atoms with van der Waals surface area (Å²) in [4.78, 5) is 4.51. The van der Waals surface area contributed by atoms with Crippen LogP contribution in [-0.4, -0.2) is 23.3 Å². The van der Waals surface area contributed by atoms with Crippen LogP contribution in [0.25, 0.3) is 0 Å². The maximum atomic E-state index is 4.51. The third-order valence-electron chi connectivity index (χ3n) is 1.88. The summed E-state index contributed by atoms with van der Waals surface area (Å²) < 4.78 is 2.05. The highest BCUT2D eigenvalue weighted by atomic mass is 32.2. The van der Waals surface area contributed by atoms with E-state index in [-0.39, 0.29) is 0 Å². The van der Waals surface area contributed by atoms with Gasteiger partial charge in [-0.1, -0.05) is 24.1 Å². The second kappa shape index (κ2) is 5.91. The van der Waals surface area contributed by atoms with Crippen LogP contribution < -0.4 is 0 Å². The smallest absolute Gasteiger partial charge is 0.141 e. The maximum absolute atomic E-state index is 4.51. The van der Waals surface area contributed by atoms with Gasteiger partial charge in [-0.2, -0.15) is 0 Å². The lowest BCUT2D eigenvalue weighted by Gasteiger charge is -2.19. The predicted octanol–water partition coefficient (Wildman–Crippen LogP) is 3.48. The maximum Gasteiger partial charge on any atom is 0.141 e. The van der Waals surface area contributed by atoms with Crippen LogP contribution in [0.4, 0.5) is 0 Å². The molecule has 0 saturated carbocycles. The quantitative estimate of drug-likeness (QED) is 0.403. The molecule has 0 saturated heterocycles. The molecule has 2 nitrogen and oxygen atoms in total. The fraction of sp³-hybridized carbons (Fsp3) is 0.545. The Morgan fingerprint density at radius 1 is 1.21 bits per heavy atom. The topological polar surface area (TPSA) is 15.6 Å². The minimum atomic E-state index is 0.991. The van der Waals surface area contributed by atoms with Crippen molar-refractivity contribution in [3.05, 3.63) is 23.5 Å². The van der Waals surface area contributed by atoms with Gasteiger partial charge in [-0.25, -0.2) is 4.99 Å². The zero-order valence-corrected chi connectivity index (χ0v) is 10.8. The van der Waals surface area contributed by atoms with Crippen LogP contribution in [0, 0.1) is 0 Å². The molecule has 0 aliphatic rings. The van der Waals surface area contributed by atoms with Crippen molar-refractivity contribution < 1.29 is 0 Å². The van der Waals surface area contributed by atoms with E-state index in [1.54, 1.807) is 11.9 Å². The van der Waals surface area contributed by atoms with Crippen LogP contribution in [0.15, 0.2) is 28.5 Å². The van der Waals surface area contributed by atoms with Crippen LogP contribution >= 0.6 is 11.9 Å². The van der Waals surface area contributed by atoms with E-state index in [1.807, 2.05) is 34.1 Å². The van der Waals surface area contributed by atoms with E-state index in [0.29, 0.717) is 0 Å². The monoisotopic (exact) mass is 212 g/mol. The molecule has 0 heterocycles. The molecule has 0 bridgehead atoms. The predicted molar refractivity (Wildman–Crippen MR) is 67.6 cm³/mol. The van der Waals surface area contributed by atoms with E-state index in [1.165, 1.54) is 0 Å². The van der Waals surface area contributed by atoms with Crippen molar-refractivity contribution in [2.24, 2.45) is 4.99 Å². The molecule has 0 aliphatic heterocycles. The Bertz CT molecular complexity index is 273. The van der Waals surface area contributed by atoms with Crippen LogP contribution in [0.1, 0.15) is 27.7 Å². The SMILES string of the molecule is C=C(C)/C(C)=C(\N=C(C)C)N(C)SC. The van der Waals surface area contributed by atoms with Gasteiger partial charge in [0.25, 0.3) is 0 Å². The van der Waals surface area contributed by atoms with Crippen molar-refractivity contribution in [3.63, 3.8) is 0 Å². The van der Waals surface area contributed by atoms with Crippen molar-refractivity contribution >= 4 is 17.7 Å². The molecule has 0 aromatic carbocycles. The Hall–Kier alpha value is -0.700. The summed E-state index contributed by atoms with van der Waals surface area (Å²) in [6.07, 6.45) is 2.03. The number of nitrogens with zero attached hydrogens (tertiary/aromatic N) is 2. The molecule has 0 N–H and O–H groups in total. The highest BCUT2D eigenvalue weighted by Crippen LogP contribution is 2.21. The second-order valence-corrected chi connectivity index (χ2v) is 4.38. The van der Waals surface area contributed by atoms with Gasteiger partial charge in [-0.05, 0) is 33.3 Å². The first kappa shape index (κ1) is 13.3. The molecule has 0 aromatic heterocycles. The average Bonchev–Trinajstić information content (AvgIpc) is 2.11. The molecule has 0 radical (unpaired) electrons. The van der Waals surface area contributed by atoms with E-state index < -0.39 is 0 Å². The van der Waals surface area contributed by atoms with Gasteiger partial charge in [0.2, 0.25) is 0 Å². The van der Waals surface area contributed by atoms with Gasteiger partial charge in [-0.15, -0.1) is 0 Å². The third-order valence-corrected chi connectivity index (χ3v) is 2.60. The van der Waals surface area contributed by atoms with Crippen LogP contribution in [0.3, 0.4) is 0 Å². The molecule has 0 aromatic rings. The first-order valence-corrected chi connectivity index (χ1v) is 5.74. The van der Waals surface area contributed by atoms with Gasteiger partial charge in [0.05, 0.1) is 0 Å². The van der Waals surface area contributed by atoms with E-state index in [0.717, 1.165) is 22.7 Å². The van der Waals surface area contributed by atoms with Crippen molar-refractivity contribution in [1.29, 1.82) is 0 Å². The van der Waals surface area contributed by atoms with Crippen LogP contribution in [0.2, 0.25) is 0 Å². The summed E-state index contributed by atoms with van der Waals surface area (Å²) in [7, 11) is 2.01. The lowest BCUT2D eigenvalue weighted by atomic mass is 10.1. The number of rotatable bonds is 4. The zero-order chi connectivity index (χ0) is 11.3. The first-order valence-electron chi connectivity index (χ1n) is 4.56. The summed E-state index contributed by atoms with van der Waals surface area (Å²) in [5, 5.41) is 0. The Kier molecular flexibility index (Phi) is 5.62. The van der Waals surface area contributed by atoms with Gasteiger partial charge in [0, 0.05) is 19.0 Å².